The van der Waals surface area contributed by atoms with Gasteiger partial charge in [-0.25, -0.2) is 0 Å². The van der Waals surface area contributed by atoms with E-state index in [2.05, 4.69) is 19.1 Å². The standard InChI is InChI=1S/C15H21NO/c1-11-4-5-13-12(6-9-17-13)14(11)15(10-16)7-2-3-8-15/h4-5H,2-3,6-10,16H2,1H3. The summed E-state index contributed by atoms with van der Waals surface area (Å²) in [5.74, 6) is 1.10. The highest BCUT2D eigenvalue weighted by Gasteiger charge is 2.38. The number of ether oxygens (including phenoxy) is 1. The van der Waals surface area contributed by atoms with Crippen molar-refractivity contribution in [3.63, 3.8) is 0 Å². The summed E-state index contributed by atoms with van der Waals surface area (Å²) < 4.78 is 5.70. The molecule has 1 aromatic carbocycles. The number of aryl methyl sites for hydroxylation is 1. The Balaban J connectivity index is 2.16. The summed E-state index contributed by atoms with van der Waals surface area (Å²) >= 11 is 0. The molecule has 0 saturated heterocycles. The zero-order valence-corrected chi connectivity index (χ0v) is 10.6. The van der Waals surface area contributed by atoms with Gasteiger partial charge in [-0.05, 0) is 37.0 Å². The summed E-state index contributed by atoms with van der Waals surface area (Å²) in [5.41, 5.74) is 10.7. The molecule has 0 bridgehead atoms. The number of nitrogens with two attached hydrogens (primary N) is 1. The first-order valence-corrected chi connectivity index (χ1v) is 6.73. The Kier molecular flexibility index (Phi) is 2.62. The SMILES string of the molecule is Cc1ccc2c(c1C1(CN)CCCC1)CCO2. The first-order chi connectivity index (χ1) is 8.27. The molecular weight excluding hydrogens is 210 g/mol. The Hall–Kier alpha value is -1.02. The number of benzene rings is 1. The third kappa shape index (κ3) is 1.58. The van der Waals surface area contributed by atoms with Crippen LogP contribution in [-0.2, 0) is 11.8 Å². The lowest BCUT2D eigenvalue weighted by molar-refractivity contribution is 0.356. The van der Waals surface area contributed by atoms with E-state index < -0.39 is 0 Å². The first kappa shape index (κ1) is 11.1. The van der Waals surface area contributed by atoms with Gasteiger partial charge in [-0.1, -0.05) is 18.9 Å². The van der Waals surface area contributed by atoms with Gasteiger partial charge in [0, 0.05) is 23.9 Å². The van der Waals surface area contributed by atoms with Crippen LogP contribution in [0.15, 0.2) is 12.1 Å². The molecule has 1 heterocycles. The molecule has 2 aliphatic rings. The minimum Gasteiger partial charge on any atom is -0.493 e. The summed E-state index contributed by atoms with van der Waals surface area (Å²) in [5, 5.41) is 0. The molecule has 0 spiro atoms. The zero-order chi connectivity index (χ0) is 11.9. The van der Waals surface area contributed by atoms with E-state index in [9.17, 15) is 0 Å². The molecule has 0 aromatic heterocycles. The molecule has 0 unspecified atom stereocenters. The normalized spacial score (nSPS) is 21.3. The Morgan fingerprint density at radius 3 is 2.76 bits per heavy atom. The number of fused-ring (bicyclic) bond motifs is 1. The molecule has 1 saturated carbocycles. The Bertz CT molecular complexity index is 433. The van der Waals surface area contributed by atoms with Crippen molar-refractivity contribution in [1.82, 2.24) is 0 Å². The Morgan fingerprint density at radius 2 is 2.06 bits per heavy atom. The molecule has 1 aliphatic carbocycles. The quantitative estimate of drug-likeness (QED) is 0.849. The smallest absolute Gasteiger partial charge is 0.122 e. The van der Waals surface area contributed by atoms with Crippen LogP contribution < -0.4 is 10.5 Å². The molecule has 3 rings (SSSR count). The maximum atomic E-state index is 6.12. The minimum absolute atomic E-state index is 0.239. The molecule has 0 amide bonds. The van der Waals surface area contributed by atoms with E-state index in [-0.39, 0.29) is 5.41 Å². The lowest BCUT2D eigenvalue weighted by atomic mass is 9.74. The van der Waals surface area contributed by atoms with Crippen LogP contribution >= 0.6 is 0 Å². The van der Waals surface area contributed by atoms with Crippen molar-refractivity contribution in [2.24, 2.45) is 5.73 Å². The molecular formula is C15H21NO. The monoisotopic (exact) mass is 231 g/mol. The molecule has 1 aromatic rings. The average molecular weight is 231 g/mol. The Labute approximate surface area is 103 Å². The Morgan fingerprint density at radius 1 is 1.29 bits per heavy atom. The fraction of sp³-hybridized carbons (Fsp3) is 0.600. The highest BCUT2D eigenvalue weighted by atomic mass is 16.5. The van der Waals surface area contributed by atoms with E-state index in [1.807, 2.05) is 0 Å². The molecule has 1 fully saturated rings. The summed E-state index contributed by atoms with van der Waals surface area (Å²) in [4.78, 5) is 0. The van der Waals surface area contributed by atoms with Gasteiger partial charge >= 0.3 is 0 Å². The van der Waals surface area contributed by atoms with Crippen LogP contribution in [0.1, 0.15) is 42.4 Å². The molecule has 0 radical (unpaired) electrons. The first-order valence-electron chi connectivity index (χ1n) is 6.73. The van der Waals surface area contributed by atoms with Crippen LogP contribution in [0.3, 0.4) is 0 Å². The van der Waals surface area contributed by atoms with E-state index in [1.54, 1.807) is 0 Å². The van der Waals surface area contributed by atoms with Crippen molar-refractivity contribution in [2.45, 2.75) is 44.4 Å². The lowest BCUT2D eigenvalue weighted by Crippen LogP contribution is -2.33. The second-order valence-electron chi connectivity index (χ2n) is 5.52. The van der Waals surface area contributed by atoms with Crippen LogP contribution in [-0.4, -0.2) is 13.2 Å². The van der Waals surface area contributed by atoms with Crippen molar-refractivity contribution < 1.29 is 4.74 Å². The van der Waals surface area contributed by atoms with Crippen molar-refractivity contribution in [2.75, 3.05) is 13.2 Å². The number of hydrogen-bond donors (Lipinski definition) is 1. The molecule has 17 heavy (non-hydrogen) atoms. The van der Waals surface area contributed by atoms with Gasteiger partial charge < -0.3 is 10.5 Å². The van der Waals surface area contributed by atoms with Crippen LogP contribution in [0.25, 0.3) is 0 Å². The minimum atomic E-state index is 0.239. The maximum absolute atomic E-state index is 6.12. The van der Waals surface area contributed by atoms with Gasteiger partial charge in [-0.3, -0.25) is 0 Å². The third-order valence-electron chi connectivity index (χ3n) is 4.57. The predicted octanol–water partition coefficient (Wildman–Crippen LogP) is 2.70. The third-order valence-corrected chi connectivity index (χ3v) is 4.57. The maximum Gasteiger partial charge on any atom is 0.122 e. The molecule has 2 nitrogen and oxygen atoms in total. The van der Waals surface area contributed by atoms with Gasteiger partial charge in [0.1, 0.15) is 5.75 Å². The largest absolute Gasteiger partial charge is 0.493 e. The van der Waals surface area contributed by atoms with Crippen molar-refractivity contribution in [3.8, 4) is 5.75 Å². The molecule has 2 N–H and O–H groups in total. The van der Waals surface area contributed by atoms with Gasteiger partial charge in [0.05, 0.1) is 6.61 Å². The van der Waals surface area contributed by atoms with Gasteiger partial charge in [0.15, 0.2) is 0 Å². The van der Waals surface area contributed by atoms with Gasteiger partial charge in [0.2, 0.25) is 0 Å². The molecule has 92 valence electrons. The summed E-state index contributed by atoms with van der Waals surface area (Å²) in [7, 11) is 0. The van der Waals surface area contributed by atoms with Crippen LogP contribution in [0.4, 0.5) is 0 Å². The van der Waals surface area contributed by atoms with E-state index >= 15 is 0 Å². The van der Waals surface area contributed by atoms with Crippen molar-refractivity contribution in [3.05, 3.63) is 28.8 Å². The van der Waals surface area contributed by atoms with E-state index in [1.165, 1.54) is 42.4 Å². The zero-order valence-electron chi connectivity index (χ0n) is 10.6. The highest BCUT2D eigenvalue weighted by molar-refractivity contribution is 5.51. The van der Waals surface area contributed by atoms with E-state index in [0.717, 1.165) is 25.3 Å². The molecule has 2 heteroatoms. The topological polar surface area (TPSA) is 35.2 Å². The predicted molar refractivity (Wildman–Crippen MR) is 69.6 cm³/mol. The number of rotatable bonds is 2. The van der Waals surface area contributed by atoms with Crippen LogP contribution in [0, 0.1) is 6.92 Å². The summed E-state index contributed by atoms with van der Waals surface area (Å²) in [6.45, 7) is 3.85. The highest BCUT2D eigenvalue weighted by Crippen LogP contribution is 2.46. The lowest BCUT2D eigenvalue weighted by Gasteiger charge is -2.31. The van der Waals surface area contributed by atoms with E-state index in [4.69, 9.17) is 10.5 Å². The van der Waals surface area contributed by atoms with E-state index in [0.29, 0.717) is 0 Å². The second kappa shape index (κ2) is 4.02. The van der Waals surface area contributed by atoms with Crippen molar-refractivity contribution in [1.29, 1.82) is 0 Å². The van der Waals surface area contributed by atoms with Crippen LogP contribution in [0.2, 0.25) is 0 Å². The average Bonchev–Trinajstić information content (AvgIpc) is 2.97. The van der Waals surface area contributed by atoms with Gasteiger partial charge in [0.25, 0.3) is 0 Å². The van der Waals surface area contributed by atoms with Gasteiger partial charge in [-0.2, -0.15) is 0 Å². The second-order valence-corrected chi connectivity index (χ2v) is 5.52. The molecule has 1 aliphatic heterocycles. The fourth-order valence-corrected chi connectivity index (χ4v) is 3.74. The fourth-order valence-electron chi connectivity index (χ4n) is 3.74. The van der Waals surface area contributed by atoms with Crippen LogP contribution in [0.5, 0.6) is 5.75 Å². The van der Waals surface area contributed by atoms with Crippen molar-refractivity contribution >= 4 is 0 Å². The molecule has 0 atom stereocenters. The summed E-state index contributed by atoms with van der Waals surface area (Å²) in [6.07, 6.45) is 6.21. The number of hydrogen-bond acceptors (Lipinski definition) is 2. The summed E-state index contributed by atoms with van der Waals surface area (Å²) in [6, 6.07) is 4.33. The van der Waals surface area contributed by atoms with Gasteiger partial charge in [-0.15, -0.1) is 0 Å².